The number of anilines is 3. The molecule has 0 bridgehead atoms. The third-order valence-electron chi connectivity index (χ3n) is 8.07. The first kappa shape index (κ1) is 30.5. The number of alkyl halides is 3. The zero-order chi connectivity index (χ0) is 31.1. The van der Waals surface area contributed by atoms with Gasteiger partial charge in [0.25, 0.3) is 5.91 Å². The Balaban J connectivity index is 1.51. The van der Waals surface area contributed by atoms with Gasteiger partial charge in [-0.15, -0.1) is 0 Å². The van der Waals surface area contributed by atoms with E-state index in [9.17, 15) is 18.0 Å². The number of nitrogens with zero attached hydrogens (tertiary/aromatic N) is 5. The Labute approximate surface area is 247 Å². The van der Waals surface area contributed by atoms with E-state index in [1.807, 2.05) is 37.6 Å². The molecule has 0 unspecified atom stereocenters. The second-order valence-electron chi connectivity index (χ2n) is 11.3. The molecule has 0 spiro atoms. The number of halogens is 4. The van der Waals surface area contributed by atoms with E-state index >= 15 is 4.39 Å². The number of hydrogen-bond acceptors (Lipinski definition) is 8. The summed E-state index contributed by atoms with van der Waals surface area (Å²) in [4.78, 5) is 28.4. The molecule has 1 aromatic carbocycles. The van der Waals surface area contributed by atoms with E-state index in [4.69, 9.17) is 4.74 Å². The second kappa shape index (κ2) is 12.0. The van der Waals surface area contributed by atoms with Crippen molar-refractivity contribution >= 4 is 23.2 Å². The minimum atomic E-state index is -4.79. The van der Waals surface area contributed by atoms with E-state index in [0.29, 0.717) is 50.0 Å². The molecule has 0 radical (unpaired) electrons. The maximum atomic E-state index is 15.8. The van der Waals surface area contributed by atoms with E-state index in [1.54, 1.807) is 0 Å². The molecule has 4 heterocycles. The van der Waals surface area contributed by atoms with Crippen LogP contribution in [0.25, 0.3) is 11.1 Å². The second-order valence-corrected chi connectivity index (χ2v) is 11.3. The van der Waals surface area contributed by atoms with E-state index < -0.39 is 29.0 Å². The number of likely N-dealkylation sites (N-methyl/N-ethyl adjacent to an activating group) is 1. The van der Waals surface area contributed by atoms with Crippen LogP contribution < -0.4 is 20.4 Å². The lowest BCUT2D eigenvalue weighted by atomic mass is 10.0. The van der Waals surface area contributed by atoms with Crippen LogP contribution in [-0.4, -0.2) is 85.0 Å². The molecule has 2 N–H and O–H groups in total. The van der Waals surface area contributed by atoms with Gasteiger partial charge < -0.3 is 25.2 Å². The van der Waals surface area contributed by atoms with E-state index in [0.717, 1.165) is 12.3 Å². The van der Waals surface area contributed by atoms with Gasteiger partial charge in [-0.1, -0.05) is 6.58 Å². The minimum Gasteiger partial charge on any atom is -0.375 e. The number of ether oxygens (including phenoxy) is 1. The van der Waals surface area contributed by atoms with Crippen LogP contribution in [0.2, 0.25) is 0 Å². The summed E-state index contributed by atoms with van der Waals surface area (Å²) in [5.74, 6) is -1.09. The number of amides is 1. The van der Waals surface area contributed by atoms with Crippen LogP contribution >= 0.6 is 0 Å². The molecule has 230 valence electrons. The van der Waals surface area contributed by atoms with E-state index in [1.165, 1.54) is 24.5 Å². The average Bonchev–Trinajstić information content (AvgIpc) is 2.96. The number of hydrogen-bond donors (Lipinski definition) is 2. The van der Waals surface area contributed by atoms with Crippen LogP contribution in [0.5, 0.6) is 0 Å². The van der Waals surface area contributed by atoms with Crippen LogP contribution in [0.3, 0.4) is 0 Å². The number of piperazine rings is 1. The molecule has 2 aromatic rings. The van der Waals surface area contributed by atoms with Gasteiger partial charge in [0.2, 0.25) is 5.95 Å². The number of allylic oxidation sites excluding steroid dienone is 1. The Hall–Kier alpha value is -3.97. The SMILES string of the molecule is C=C1C=C(C(F)(F)F)C(C(=O)Nc2cc(-c3cnc(N4CCO[C@@H](C)C4)nc3)c(F)cc2N2C[C@@H](C)N(C)[C@@H](C)C2)=CN1. The number of rotatable bonds is 5. The van der Waals surface area contributed by atoms with Gasteiger partial charge in [0.15, 0.2) is 0 Å². The summed E-state index contributed by atoms with van der Waals surface area (Å²) >= 11 is 0. The third-order valence-corrected chi connectivity index (χ3v) is 8.07. The molecule has 1 amide bonds. The molecule has 3 atom stereocenters. The standard InChI is InChI=1S/C30H35F4N7O2/c1-17-8-24(30(32,33)34)23(13-35-17)28(42)38-26-9-22(21-11-36-29(37-12-21)40-6-7-43-20(4)16-40)25(31)10-27(26)41-14-18(2)39(5)19(3)15-41/h8-13,18-20,35H,1,6-7,14-16H2,2-5H3,(H,38,42)/t18-,19+,20-/m0/s1. The van der Waals surface area contributed by atoms with Crippen molar-refractivity contribution in [3.05, 3.63) is 66.0 Å². The molecular weight excluding hydrogens is 566 g/mol. The first-order valence-electron chi connectivity index (χ1n) is 14.1. The molecule has 9 nitrogen and oxygen atoms in total. The Morgan fingerprint density at radius 2 is 1.77 bits per heavy atom. The van der Waals surface area contributed by atoms with Crippen LogP contribution in [0, 0.1) is 5.82 Å². The molecule has 2 saturated heterocycles. The lowest BCUT2D eigenvalue weighted by Gasteiger charge is -2.44. The van der Waals surface area contributed by atoms with E-state index in [-0.39, 0.29) is 35.1 Å². The van der Waals surface area contributed by atoms with Crippen molar-refractivity contribution in [1.29, 1.82) is 0 Å². The van der Waals surface area contributed by atoms with Crippen molar-refractivity contribution in [2.24, 2.45) is 0 Å². The summed E-state index contributed by atoms with van der Waals surface area (Å²) in [6, 6.07) is 2.95. The third kappa shape index (κ3) is 6.52. The molecule has 5 rings (SSSR count). The summed E-state index contributed by atoms with van der Waals surface area (Å²) in [7, 11) is 2.00. The number of morpholine rings is 1. The van der Waals surface area contributed by atoms with Crippen LogP contribution in [0.15, 0.2) is 60.2 Å². The fraction of sp³-hybridized carbons (Fsp3) is 0.433. The highest BCUT2D eigenvalue weighted by Crippen LogP contribution is 2.38. The fourth-order valence-corrected chi connectivity index (χ4v) is 5.52. The van der Waals surface area contributed by atoms with E-state index in [2.05, 4.69) is 32.1 Å². The molecule has 2 fully saturated rings. The molecule has 0 aliphatic carbocycles. The highest BCUT2D eigenvalue weighted by molar-refractivity contribution is 6.09. The number of benzene rings is 1. The molecule has 3 aliphatic heterocycles. The lowest BCUT2D eigenvalue weighted by molar-refractivity contribution is -0.115. The highest BCUT2D eigenvalue weighted by Gasteiger charge is 2.40. The highest BCUT2D eigenvalue weighted by atomic mass is 19.4. The number of nitrogens with one attached hydrogen (secondary N) is 2. The minimum absolute atomic E-state index is 0.00373. The number of dihydropyridines is 1. The zero-order valence-electron chi connectivity index (χ0n) is 24.5. The number of carbonyl (C=O) groups is 1. The smallest absolute Gasteiger partial charge is 0.375 e. The van der Waals surface area contributed by atoms with Gasteiger partial charge in [-0.25, -0.2) is 14.4 Å². The quantitative estimate of drug-likeness (QED) is 0.486. The largest absolute Gasteiger partial charge is 0.417 e. The molecule has 43 heavy (non-hydrogen) atoms. The summed E-state index contributed by atoms with van der Waals surface area (Å²) in [5, 5.41) is 5.22. The Bertz CT molecular complexity index is 1450. The summed E-state index contributed by atoms with van der Waals surface area (Å²) in [6.07, 6.45) is -0.0161. The summed E-state index contributed by atoms with van der Waals surface area (Å²) in [6.45, 7) is 12.4. The molecule has 13 heteroatoms. The van der Waals surface area contributed by atoms with Crippen molar-refractivity contribution in [2.75, 3.05) is 55.0 Å². The van der Waals surface area contributed by atoms with Crippen molar-refractivity contribution in [3.63, 3.8) is 0 Å². The maximum absolute atomic E-state index is 15.8. The van der Waals surface area contributed by atoms with Gasteiger partial charge in [0, 0.05) is 73.7 Å². The first-order valence-corrected chi connectivity index (χ1v) is 14.1. The Morgan fingerprint density at radius 1 is 1.09 bits per heavy atom. The fourth-order valence-electron chi connectivity index (χ4n) is 5.52. The van der Waals surface area contributed by atoms with Crippen LogP contribution in [0.4, 0.5) is 34.9 Å². The predicted octanol–water partition coefficient (Wildman–Crippen LogP) is 4.46. The summed E-state index contributed by atoms with van der Waals surface area (Å²) in [5.41, 5.74) is -0.729. The Kier molecular flexibility index (Phi) is 8.48. The normalized spacial score (nSPS) is 23.4. The van der Waals surface area contributed by atoms with Crippen LogP contribution in [-0.2, 0) is 9.53 Å². The monoisotopic (exact) mass is 601 g/mol. The van der Waals surface area contributed by atoms with Crippen molar-refractivity contribution in [2.45, 2.75) is 45.1 Å². The first-order chi connectivity index (χ1) is 20.3. The van der Waals surface area contributed by atoms with Crippen molar-refractivity contribution in [3.8, 4) is 11.1 Å². The van der Waals surface area contributed by atoms with Gasteiger partial charge in [0.1, 0.15) is 5.82 Å². The van der Waals surface area contributed by atoms with Gasteiger partial charge in [-0.2, -0.15) is 13.2 Å². The number of carbonyl (C=O) groups excluding carboxylic acids is 1. The van der Waals surface area contributed by atoms with Gasteiger partial charge >= 0.3 is 6.18 Å². The average molecular weight is 602 g/mol. The summed E-state index contributed by atoms with van der Waals surface area (Å²) < 4.78 is 62.9. The van der Waals surface area contributed by atoms with Gasteiger partial charge in [-0.3, -0.25) is 9.69 Å². The Morgan fingerprint density at radius 3 is 2.40 bits per heavy atom. The molecule has 3 aliphatic rings. The topological polar surface area (TPSA) is 85.9 Å². The molecular formula is C30H35F4N7O2. The zero-order valence-corrected chi connectivity index (χ0v) is 24.5. The molecule has 0 saturated carbocycles. The predicted molar refractivity (Wildman–Crippen MR) is 157 cm³/mol. The number of aromatic nitrogens is 2. The maximum Gasteiger partial charge on any atom is 0.417 e. The van der Waals surface area contributed by atoms with Crippen LogP contribution in [0.1, 0.15) is 20.8 Å². The molecule has 1 aromatic heterocycles. The van der Waals surface area contributed by atoms with Gasteiger partial charge in [0.05, 0.1) is 35.2 Å². The van der Waals surface area contributed by atoms with Crippen molar-refractivity contribution < 1.29 is 27.1 Å². The van der Waals surface area contributed by atoms with Gasteiger partial charge in [-0.05, 0) is 46.0 Å². The lowest BCUT2D eigenvalue weighted by Crippen LogP contribution is -2.55. The van der Waals surface area contributed by atoms with Crippen molar-refractivity contribution in [1.82, 2.24) is 20.2 Å².